The Morgan fingerprint density at radius 1 is 0.438 bits per heavy atom. The molecular formula is C61H43NO2. The first kappa shape index (κ1) is 36.7. The van der Waals surface area contributed by atoms with Gasteiger partial charge in [0.05, 0.1) is 0 Å². The number of anilines is 3. The van der Waals surface area contributed by atoms with E-state index in [0.29, 0.717) is 0 Å². The fourth-order valence-corrected chi connectivity index (χ4v) is 10.6. The molecule has 0 fully saturated rings. The fourth-order valence-electron chi connectivity index (χ4n) is 10.6. The van der Waals surface area contributed by atoms with Crippen molar-refractivity contribution in [3.8, 4) is 44.5 Å². The molecule has 0 spiro atoms. The van der Waals surface area contributed by atoms with E-state index in [0.717, 1.165) is 85.4 Å². The third-order valence-electron chi connectivity index (χ3n) is 14.0. The number of hydrogen-bond acceptors (Lipinski definition) is 3. The van der Waals surface area contributed by atoms with Crippen LogP contribution in [0, 0.1) is 0 Å². The van der Waals surface area contributed by atoms with Crippen LogP contribution >= 0.6 is 0 Å². The lowest BCUT2D eigenvalue weighted by molar-refractivity contribution is 0.596. The van der Waals surface area contributed by atoms with E-state index in [4.69, 9.17) is 8.83 Å². The third kappa shape index (κ3) is 5.74. The molecule has 13 rings (SSSR count). The number of benzene rings is 9. The summed E-state index contributed by atoms with van der Waals surface area (Å²) in [6.45, 7) is 4.75. The lowest BCUT2D eigenvalue weighted by Gasteiger charge is -2.28. The van der Waals surface area contributed by atoms with Crippen LogP contribution in [0.25, 0.3) is 94.3 Å². The molecule has 64 heavy (non-hydrogen) atoms. The van der Waals surface area contributed by atoms with Crippen LogP contribution in [0.15, 0.2) is 203 Å². The van der Waals surface area contributed by atoms with Crippen LogP contribution in [-0.4, -0.2) is 0 Å². The maximum Gasteiger partial charge on any atom is 0.142 e. The second-order valence-corrected chi connectivity index (χ2v) is 18.0. The Labute approximate surface area is 372 Å². The van der Waals surface area contributed by atoms with Gasteiger partial charge < -0.3 is 13.7 Å². The van der Waals surface area contributed by atoms with E-state index in [1.54, 1.807) is 0 Å². The fraction of sp³-hybridized carbons (Fsp3) is 0.0820. The Morgan fingerprint density at radius 2 is 1.06 bits per heavy atom. The summed E-state index contributed by atoms with van der Waals surface area (Å²) in [7, 11) is 0. The summed E-state index contributed by atoms with van der Waals surface area (Å²) in [6, 6.07) is 68.8. The number of rotatable bonds is 6. The molecule has 0 unspecified atom stereocenters. The van der Waals surface area contributed by atoms with Gasteiger partial charge in [-0.15, -0.1) is 0 Å². The molecule has 2 aliphatic carbocycles. The number of aryl methyl sites for hydroxylation is 1. The summed E-state index contributed by atoms with van der Waals surface area (Å²) in [5.74, 6) is 0.990. The van der Waals surface area contributed by atoms with Crippen molar-refractivity contribution in [1.82, 2.24) is 0 Å². The summed E-state index contributed by atoms with van der Waals surface area (Å²) in [5.41, 5.74) is 19.5. The predicted octanol–water partition coefficient (Wildman–Crippen LogP) is 17.2. The van der Waals surface area contributed by atoms with Gasteiger partial charge >= 0.3 is 0 Å². The predicted molar refractivity (Wildman–Crippen MR) is 267 cm³/mol. The zero-order valence-corrected chi connectivity index (χ0v) is 35.7. The van der Waals surface area contributed by atoms with Gasteiger partial charge in [0.25, 0.3) is 0 Å². The molecule has 0 N–H and O–H groups in total. The van der Waals surface area contributed by atoms with Crippen molar-refractivity contribution in [3.63, 3.8) is 0 Å². The van der Waals surface area contributed by atoms with Crippen molar-refractivity contribution in [3.05, 3.63) is 217 Å². The molecule has 304 valence electrons. The molecule has 0 aliphatic heterocycles. The van der Waals surface area contributed by atoms with Gasteiger partial charge in [0, 0.05) is 49.8 Å². The monoisotopic (exact) mass is 821 g/mol. The highest BCUT2D eigenvalue weighted by molar-refractivity contribution is 6.06. The molecule has 2 aliphatic rings. The highest BCUT2D eigenvalue weighted by atomic mass is 16.3. The molecule has 11 aromatic rings. The second-order valence-electron chi connectivity index (χ2n) is 18.0. The molecule has 2 aromatic heterocycles. The number of nitrogens with zero attached hydrogens (tertiary/aromatic N) is 1. The number of hydrogen-bond donors (Lipinski definition) is 0. The van der Waals surface area contributed by atoms with Crippen LogP contribution in [0.4, 0.5) is 17.1 Å². The zero-order valence-electron chi connectivity index (χ0n) is 35.7. The zero-order chi connectivity index (χ0) is 42.5. The molecule has 0 atom stereocenters. The van der Waals surface area contributed by atoms with Crippen molar-refractivity contribution >= 4 is 66.8 Å². The van der Waals surface area contributed by atoms with Crippen LogP contribution in [0.3, 0.4) is 0 Å². The van der Waals surface area contributed by atoms with Gasteiger partial charge in [-0.1, -0.05) is 141 Å². The smallest absolute Gasteiger partial charge is 0.142 e. The maximum absolute atomic E-state index is 6.52. The van der Waals surface area contributed by atoms with Crippen molar-refractivity contribution in [2.24, 2.45) is 0 Å². The molecule has 3 heteroatoms. The van der Waals surface area contributed by atoms with Gasteiger partial charge in [-0.05, 0) is 146 Å². The quantitative estimate of drug-likeness (QED) is 0.167. The second kappa shape index (κ2) is 14.1. The first-order valence-corrected chi connectivity index (χ1v) is 22.4. The summed E-state index contributed by atoms with van der Waals surface area (Å²) < 4.78 is 12.7. The van der Waals surface area contributed by atoms with Crippen LogP contribution in [0.1, 0.15) is 42.7 Å². The minimum absolute atomic E-state index is 0.209. The molecule has 0 radical (unpaired) electrons. The largest absolute Gasteiger partial charge is 0.456 e. The lowest BCUT2D eigenvalue weighted by atomic mass is 9.81. The molecular weight excluding hydrogens is 779 g/mol. The van der Waals surface area contributed by atoms with Crippen LogP contribution in [-0.2, 0) is 11.8 Å². The van der Waals surface area contributed by atoms with E-state index < -0.39 is 0 Å². The van der Waals surface area contributed by atoms with Gasteiger partial charge in [-0.25, -0.2) is 0 Å². The Balaban J connectivity index is 0.902. The Bertz CT molecular complexity index is 3690. The van der Waals surface area contributed by atoms with Gasteiger partial charge in [0.15, 0.2) is 0 Å². The van der Waals surface area contributed by atoms with Crippen molar-refractivity contribution in [2.75, 3.05) is 4.90 Å². The number of furan rings is 2. The Kier molecular flexibility index (Phi) is 8.08. The highest BCUT2D eigenvalue weighted by Crippen LogP contribution is 2.52. The minimum Gasteiger partial charge on any atom is -0.456 e. The van der Waals surface area contributed by atoms with Gasteiger partial charge in [0.2, 0.25) is 0 Å². The average molecular weight is 822 g/mol. The van der Waals surface area contributed by atoms with E-state index in [2.05, 4.69) is 207 Å². The maximum atomic E-state index is 6.52. The Morgan fingerprint density at radius 3 is 1.91 bits per heavy atom. The van der Waals surface area contributed by atoms with Gasteiger partial charge in [-0.2, -0.15) is 0 Å². The Hall–Kier alpha value is -7.88. The van der Waals surface area contributed by atoms with E-state index >= 15 is 0 Å². The standard InChI is InChI=1S/C61H43NO2/c1-61(2)55-36-44(42-19-18-38-10-3-4-11-41(38)34-42)24-31-49(55)50-32-30-47(37-56(50)61)62(45-26-20-39(21-27-45)43-25-33-59-54(35-43)52-13-6-7-16-57(52)63-59)46-28-22-40(23-29-46)48-14-9-15-53-51-12-5-8-17-58(51)64-60(48)53/h3-4,6-11,13-37H,5,12H2,1-2H3. The first-order chi connectivity index (χ1) is 31.4. The molecule has 9 aromatic carbocycles. The summed E-state index contributed by atoms with van der Waals surface area (Å²) in [6.07, 6.45) is 6.40. The number of para-hydroxylation sites is 2. The summed E-state index contributed by atoms with van der Waals surface area (Å²) in [5, 5.41) is 6.00. The SMILES string of the molecule is CC1(C)c2cc(-c3ccc4ccccc4c3)ccc2-c2ccc(N(c3ccc(-c4ccc5oc6ccccc6c5c4)cc3)c3ccc(-c4cccc5c6c(oc45)C=CCC6)cc3)cc21. The molecule has 0 amide bonds. The van der Waals surface area contributed by atoms with Crippen LogP contribution < -0.4 is 4.90 Å². The van der Waals surface area contributed by atoms with E-state index in [9.17, 15) is 0 Å². The molecule has 0 bridgehead atoms. The highest BCUT2D eigenvalue weighted by Gasteiger charge is 2.36. The topological polar surface area (TPSA) is 29.5 Å². The first-order valence-electron chi connectivity index (χ1n) is 22.4. The van der Waals surface area contributed by atoms with E-state index in [1.165, 1.54) is 55.1 Å². The summed E-state index contributed by atoms with van der Waals surface area (Å²) in [4.78, 5) is 2.40. The van der Waals surface area contributed by atoms with Gasteiger partial charge in [0.1, 0.15) is 22.5 Å². The van der Waals surface area contributed by atoms with Crippen molar-refractivity contribution < 1.29 is 8.83 Å². The average Bonchev–Trinajstić information content (AvgIpc) is 3.99. The number of allylic oxidation sites excluding steroid dienone is 1. The van der Waals surface area contributed by atoms with Crippen LogP contribution in [0.2, 0.25) is 0 Å². The normalized spacial score (nSPS) is 13.7. The lowest BCUT2D eigenvalue weighted by Crippen LogP contribution is -2.16. The van der Waals surface area contributed by atoms with E-state index in [1.807, 2.05) is 12.1 Å². The summed E-state index contributed by atoms with van der Waals surface area (Å²) >= 11 is 0. The van der Waals surface area contributed by atoms with E-state index in [-0.39, 0.29) is 5.41 Å². The molecule has 0 saturated carbocycles. The molecule has 3 nitrogen and oxygen atoms in total. The van der Waals surface area contributed by atoms with Crippen molar-refractivity contribution in [2.45, 2.75) is 32.1 Å². The minimum atomic E-state index is -0.209. The van der Waals surface area contributed by atoms with Crippen molar-refractivity contribution in [1.29, 1.82) is 0 Å². The van der Waals surface area contributed by atoms with Crippen LogP contribution in [0.5, 0.6) is 0 Å². The van der Waals surface area contributed by atoms with Gasteiger partial charge in [-0.3, -0.25) is 0 Å². The molecule has 0 saturated heterocycles. The number of fused-ring (bicyclic) bond motifs is 10. The third-order valence-corrected chi connectivity index (χ3v) is 14.0. The molecule has 2 heterocycles.